The smallest absolute Gasteiger partial charge is 0.249 e. The number of nitrogens with one attached hydrogen (secondary N) is 1. The Balaban J connectivity index is 0.00000161. The normalized spacial score (nSPS) is 26.2. The number of para-hydroxylation sites is 1. The molecule has 0 radical (unpaired) electrons. The molecule has 1 saturated carbocycles. The first-order valence-corrected chi connectivity index (χ1v) is 6.99. The zero-order valence-electron chi connectivity index (χ0n) is 11.9. The molecule has 0 spiro atoms. The van der Waals surface area contributed by atoms with Crippen LogP contribution in [0.5, 0.6) is 0 Å². The van der Waals surface area contributed by atoms with E-state index in [1.807, 2.05) is 37.3 Å². The summed E-state index contributed by atoms with van der Waals surface area (Å²) < 4.78 is 0. The molecule has 1 aromatic carbocycles. The number of hydrogen-bond acceptors (Lipinski definition) is 3. The predicted molar refractivity (Wildman–Crippen MR) is 83.3 cm³/mol. The van der Waals surface area contributed by atoms with Crippen molar-refractivity contribution < 1.29 is 9.59 Å². The molecule has 2 atom stereocenters. The maximum Gasteiger partial charge on any atom is 0.249 e. The van der Waals surface area contributed by atoms with Crippen molar-refractivity contribution in [1.29, 1.82) is 0 Å². The van der Waals surface area contributed by atoms with Gasteiger partial charge in [-0.2, -0.15) is 0 Å². The lowest BCUT2D eigenvalue weighted by atomic mass is 10.1. The van der Waals surface area contributed by atoms with Crippen LogP contribution in [0.4, 0.5) is 5.69 Å². The second kappa shape index (κ2) is 5.66. The summed E-state index contributed by atoms with van der Waals surface area (Å²) >= 11 is 0. The highest BCUT2D eigenvalue weighted by atomic mass is 35.5. The SMILES string of the molecule is CC1CC(NC(=O)C2(N)CC2)C(=O)N1c1ccccc1.Cl. The van der Waals surface area contributed by atoms with Gasteiger partial charge in [-0.3, -0.25) is 9.59 Å². The second-order valence-corrected chi connectivity index (χ2v) is 5.81. The summed E-state index contributed by atoms with van der Waals surface area (Å²) in [6.45, 7) is 1.99. The summed E-state index contributed by atoms with van der Waals surface area (Å²) in [7, 11) is 0. The number of carbonyl (C=O) groups excluding carboxylic acids is 2. The molecule has 2 unspecified atom stereocenters. The molecule has 0 bridgehead atoms. The van der Waals surface area contributed by atoms with Crippen LogP contribution in [0.25, 0.3) is 0 Å². The van der Waals surface area contributed by atoms with Gasteiger partial charge in [0.05, 0.1) is 5.54 Å². The number of carbonyl (C=O) groups is 2. The summed E-state index contributed by atoms with van der Waals surface area (Å²) in [5, 5.41) is 2.81. The van der Waals surface area contributed by atoms with Gasteiger partial charge in [0, 0.05) is 11.7 Å². The molecule has 3 rings (SSSR count). The molecule has 0 aromatic heterocycles. The van der Waals surface area contributed by atoms with Crippen molar-refractivity contribution in [2.24, 2.45) is 5.73 Å². The lowest BCUT2D eigenvalue weighted by Crippen LogP contribution is -2.49. The van der Waals surface area contributed by atoms with Crippen molar-refractivity contribution >= 4 is 29.9 Å². The number of nitrogens with zero attached hydrogens (tertiary/aromatic N) is 1. The van der Waals surface area contributed by atoms with Crippen LogP contribution >= 0.6 is 12.4 Å². The largest absolute Gasteiger partial charge is 0.343 e. The molecule has 3 N–H and O–H groups in total. The molecule has 2 amide bonds. The molecule has 1 aromatic rings. The summed E-state index contributed by atoms with van der Waals surface area (Å²) in [4.78, 5) is 26.2. The van der Waals surface area contributed by atoms with Gasteiger partial charge in [0.2, 0.25) is 11.8 Å². The Labute approximate surface area is 130 Å². The van der Waals surface area contributed by atoms with E-state index in [9.17, 15) is 9.59 Å². The minimum atomic E-state index is -0.732. The standard InChI is InChI=1S/C15H19N3O2.ClH/c1-10-9-12(17-14(20)15(16)7-8-15)13(19)18(10)11-5-3-2-4-6-11;/h2-6,10,12H,7-9,16H2,1H3,(H,17,20);1H. The summed E-state index contributed by atoms with van der Waals surface area (Å²) in [6.07, 6.45) is 2.03. The van der Waals surface area contributed by atoms with Gasteiger partial charge in [0.1, 0.15) is 6.04 Å². The van der Waals surface area contributed by atoms with Crippen LogP contribution in [0.15, 0.2) is 30.3 Å². The fraction of sp³-hybridized carbons (Fsp3) is 0.467. The quantitative estimate of drug-likeness (QED) is 0.881. The molecule has 6 heteroatoms. The van der Waals surface area contributed by atoms with Crippen LogP contribution in [-0.2, 0) is 9.59 Å². The molecule has 21 heavy (non-hydrogen) atoms. The molecule has 2 aliphatic rings. The Hall–Kier alpha value is -1.59. The van der Waals surface area contributed by atoms with Gasteiger partial charge >= 0.3 is 0 Å². The third-order valence-corrected chi connectivity index (χ3v) is 4.13. The lowest BCUT2D eigenvalue weighted by Gasteiger charge is -2.21. The van der Waals surface area contributed by atoms with E-state index >= 15 is 0 Å². The molecule has 114 valence electrons. The van der Waals surface area contributed by atoms with E-state index in [0.717, 1.165) is 5.69 Å². The molecule has 1 aliphatic heterocycles. The maximum atomic E-state index is 12.5. The van der Waals surface area contributed by atoms with Crippen LogP contribution in [0.2, 0.25) is 0 Å². The average molecular weight is 310 g/mol. The Morgan fingerprint density at radius 3 is 2.52 bits per heavy atom. The van der Waals surface area contributed by atoms with E-state index in [2.05, 4.69) is 5.32 Å². The van der Waals surface area contributed by atoms with E-state index in [1.165, 1.54) is 0 Å². The molecular weight excluding hydrogens is 290 g/mol. The van der Waals surface area contributed by atoms with Gasteiger partial charge in [-0.1, -0.05) is 18.2 Å². The van der Waals surface area contributed by atoms with Crippen molar-refractivity contribution in [3.05, 3.63) is 30.3 Å². The zero-order valence-corrected chi connectivity index (χ0v) is 12.7. The van der Waals surface area contributed by atoms with Gasteiger partial charge in [-0.05, 0) is 38.3 Å². The zero-order chi connectivity index (χ0) is 14.3. The lowest BCUT2D eigenvalue weighted by molar-refractivity contribution is -0.127. The highest BCUT2D eigenvalue weighted by molar-refractivity contribution is 6.03. The molecule has 1 heterocycles. The van der Waals surface area contributed by atoms with Crippen LogP contribution in [0, 0.1) is 0 Å². The summed E-state index contributed by atoms with van der Waals surface area (Å²) in [6, 6.07) is 9.15. The number of nitrogens with two attached hydrogens (primary N) is 1. The first-order valence-electron chi connectivity index (χ1n) is 6.99. The number of hydrogen-bond donors (Lipinski definition) is 2. The van der Waals surface area contributed by atoms with Crippen LogP contribution < -0.4 is 16.0 Å². The van der Waals surface area contributed by atoms with E-state index < -0.39 is 11.6 Å². The van der Waals surface area contributed by atoms with E-state index in [1.54, 1.807) is 4.90 Å². The third kappa shape index (κ3) is 2.89. The molecule has 1 aliphatic carbocycles. The topological polar surface area (TPSA) is 75.4 Å². The van der Waals surface area contributed by atoms with Gasteiger partial charge in [-0.15, -0.1) is 12.4 Å². The van der Waals surface area contributed by atoms with E-state index in [4.69, 9.17) is 5.73 Å². The highest BCUT2D eigenvalue weighted by Gasteiger charge is 2.48. The number of amides is 2. The van der Waals surface area contributed by atoms with Crippen LogP contribution in [0.3, 0.4) is 0 Å². The van der Waals surface area contributed by atoms with Crippen molar-refractivity contribution in [3.8, 4) is 0 Å². The van der Waals surface area contributed by atoms with Crippen molar-refractivity contribution in [2.75, 3.05) is 4.90 Å². The van der Waals surface area contributed by atoms with Crippen molar-refractivity contribution in [2.45, 2.75) is 43.8 Å². The number of benzene rings is 1. The molecular formula is C15H20ClN3O2. The van der Waals surface area contributed by atoms with Crippen LogP contribution in [0.1, 0.15) is 26.2 Å². The third-order valence-electron chi connectivity index (χ3n) is 4.13. The van der Waals surface area contributed by atoms with Gasteiger partial charge in [0.25, 0.3) is 0 Å². The Morgan fingerprint density at radius 1 is 1.33 bits per heavy atom. The van der Waals surface area contributed by atoms with Crippen LogP contribution in [-0.4, -0.2) is 29.4 Å². The fourth-order valence-electron chi connectivity index (χ4n) is 2.69. The van der Waals surface area contributed by atoms with E-state index in [0.29, 0.717) is 19.3 Å². The van der Waals surface area contributed by atoms with Crippen molar-refractivity contribution in [3.63, 3.8) is 0 Å². The summed E-state index contributed by atoms with van der Waals surface area (Å²) in [5.41, 5.74) is 6.00. The second-order valence-electron chi connectivity index (χ2n) is 5.81. The Morgan fingerprint density at radius 2 is 1.95 bits per heavy atom. The minimum Gasteiger partial charge on any atom is -0.343 e. The maximum absolute atomic E-state index is 12.5. The van der Waals surface area contributed by atoms with Gasteiger partial charge < -0.3 is 16.0 Å². The van der Waals surface area contributed by atoms with Gasteiger partial charge in [-0.25, -0.2) is 0 Å². The number of anilines is 1. The molecule has 2 fully saturated rings. The summed E-state index contributed by atoms with van der Waals surface area (Å²) in [5.74, 6) is -0.251. The fourth-order valence-corrected chi connectivity index (χ4v) is 2.69. The number of halogens is 1. The van der Waals surface area contributed by atoms with E-state index in [-0.39, 0.29) is 30.3 Å². The number of rotatable bonds is 3. The first kappa shape index (κ1) is 15.8. The minimum absolute atomic E-state index is 0. The first-order chi connectivity index (χ1) is 9.51. The Kier molecular flexibility index (Phi) is 4.25. The van der Waals surface area contributed by atoms with Gasteiger partial charge in [0.15, 0.2) is 0 Å². The Bertz CT molecular complexity index is 545. The predicted octanol–water partition coefficient (Wildman–Crippen LogP) is 1.21. The molecule has 5 nitrogen and oxygen atoms in total. The van der Waals surface area contributed by atoms with Crippen molar-refractivity contribution in [1.82, 2.24) is 5.32 Å². The average Bonchev–Trinajstić information content (AvgIpc) is 3.12. The monoisotopic (exact) mass is 309 g/mol. The molecule has 1 saturated heterocycles. The highest BCUT2D eigenvalue weighted by Crippen LogP contribution is 2.33.